The predicted octanol–water partition coefficient (Wildman–Crippen LogP) is 3.11. The zero-order valence-electron chi connectivity index (χ0n) is 15.3. The Kier molecular flexibility index (Phi) is 6.54. The van der Waals surface area contributed by atoms with Gasteiger partial charge in [-0.25, -0.2) is 0 Å². The molecule has 2 aromatic carbocycles. The predicted molar refractivity (Wildman–Crippen MR) is 107 cm³/mol. The van der Waals surface area contributed by atoms with E-state index in [2.05, 4.69) is 10.5 Å². The van der Waals surface area contributed by atoms with Crippen molar-refractivity contribution in [3.05, 3.63) is 59.7 Å². The number of oxime groups is 1. The number of nitrogens with one attached hydrogen (secondary N) is 1. The maximum atomic E-state index is 11.6. The third-order valence-corrected chi connectivity index (χ3v) is 5.02. The number of rotatable bonds is 8. The number of ether oxygens (including phenoxy) is 1. The molecule has 1 aliphatic heterocycles. The van der Waals surface area contributed by atoms with Crippen molar-refractivity contribution < 1.29 is 24.3 Å². The summed E-state index contributed by atoms with van der Waals surface area (Å²) in [5.41, 5.74) is 2.53. The molecule has 1 aliphatic rings. The van der Waals surface area contributed by atoms with Crippen LogP contribution in [-0.2, 0) is 16.1 Å². The maximum absolute atomic E-state index is 11.6. The van der Waals surface area contributed by atoms with Gasteiger partial charge in [0.25, 0.3) is 5.24 Å². The maximum Gasteiger partial charge on any atom is 0.286 e. The van der Waals surface area contributed by atoms with Crippen LogP contribution in [0, 0.1) is 0 Å². The quantitative estimate of drug-likeness (QED) is 0.401. The minimum atomic E-state index is -0.373. The van der Waals surface area contributed by atoms with E-state index in [0.29, 0.717) is 24.5 Å². The number of phenolic OH excluding ortho intramolecular Hbond substituents is 1. The number of benzene rings is 2. The number of aromatic hydroxyl groups is 1. The molecule has 0 saturated carbocycles. The summed E-state index contributed by atoms with van der Waals surface area (Å²) in [6.45, 7) is 2.45. The van der Waals surface area contributed by atoms with Crippen LogP contribution in [0.4, 0.5) is 4.79 Å². The zero-order chi connectivity index (χ0) is 19.9. The summed E-state index contributed by atoms with van der Waals surface area (Å²) >= 11 is 1.02. The smallest absolute Gasteiger partial charge is 0.286 e. The highest BCUT2D eigenvalue weighted by Gasteiger charge is 2.31. The standard InChI is InChI=1S/C20H20N2O5S/c1-13(15-4-6-16(23)7-5-15)22-27-11-10-26-17-8-2-14(3-9-17)12-18-19(24)21-20(25)28-18/h2-9,18,23H,10-12H2,1H3,(H,21,24,25). The Morgan fingerprint density at radius 1 is 1.11 bits per heavy atom. The van der Waals surface area contributed by atoms with Gasteiger partial charge in [0.05, 0.1) is 11.0 Å². The SMILES string of the molecule is CC(=NOCCOc1ccc(CC2SC(=O)NC2=O)cc1)c1ccc(O)cc1. The van der Waals surface area contributed by atoms with Gasteiger partial charge in [-0.15, -0.1) is 0 Å². The van der Waals surface area contributed by atoms with Crippen molar-refractivity contribution in [3.63, 3.8) is 0 Å². The van der Waals surface area contributed by atoms with Gasteiger partial charge in [0, 0.05) is 0 Å². The van der Waals surface area contributed by atoms with Gasteiger partial charge in [-0.3, -0.25) is 14.9 Å². The number of amides is 2. The Hall–Kier alpha value is -3.00. The first-order valence-corrected chi connectivity index (χ1v) is 9.58. The van der Waals surface area contributed by atoms with E-state index in [9.17, 15) is 14.7 Å². The van der Waals surface area contributed by atoms with E-state index >= 15 is 0 Å². The second kappa shape index (κ2) is 9.27. The molecule has 0 spiro atoms. The van der Waals surface area contributed by atoms with E-state index in [1.165, 1.54) is 0 Å². The molecule has 1 atom stereocenters. The fourth-order valence-electron chi connectivity index (χ4n) is 2.56. The first-order chi connectivity index (χ1) is 13.5. The van der Waals surface area contributed by atoms with Gasteiger partial charge in [0.1, 0.15) is 18.1 Å². The second-order valence-corrected chi connectivity index (χ2v) is 7.31. The molecule has 28 heavy (non-hydrogen) atoms. The molecule has 0 aliphatic carbocycles. The van der Waals surface area contributed by atoms with Crippen LogP contribution < -0.4 is 10.1 Å². The monoisotopic (exact) mass is 400 g/mol. The van der Waals surface area contributed by atoms with Crippen LogP contribution in [0.1, 0.15) is 18.1 Å². The van der Waals surface area contributed by atoms with Crippen LogP contribution in [0.2, 0.25) is 0 Å². The van der Waals surface area contributed by atoms with Gasteiger partial charge in [0.15, 0.2) is 6.61 Å². The van der Waals surface area contributed by atoms with Crippen molar-refractivity contribution in [2.24, 2.45) is 5.16 Å². The van der Waals surface area contributed by atoms with Crippen LogP contribution in [-0.4, -0.2) is 40.4 Å². The normalized spacial score (nSPS) is 16.8. The van der Waals surface area contributed by atoms with E-state index in [-0.39, 0.29) is 28.8 Å². The summed E-state index contributed by atoms with van der Waals surface area (Å²) in [5.74, 6) is 0.650. The van der Waals surface area contributed by atoms with Crippen molar-refractivity contribution in [2.75, 3.05) is 13.2 Å². The number of thioether (sulfide) groups is 1. The Bertz CT molecular complexity index is 865. The van der Waals surface area contributed by atoms with Crippen LogP contribution >= 0.6 is 11.8 Å². The van der Waals surface area contributed by atoms with Gasteiger partial charge in [-0.1, -0.05) is 29.1 Å². The first-order valence-electron chi connectivity index (χ1n) is 8.70. The number of carbonyl (C=O) groups is 2. The van der Waals surface area contributed by atoms with E-state index in [1.807, 2.05) is 31.2 Å². The second-order valence-electron chi connectivity index (χ2n) is 6.14. The van der Waals surface area contributed by atoms with E-state index in [0.717, 1.165) is 22.9 Å². The molecule has 2 amide bonds. The van der Waals surface area contributed by atoms with Crippen LogP contribution in [0.3, 0.4) is 0 Å². The van der Waals surface area contributed by atoms with Crippen molar-refractivity contribution in [1.82, 2.24) is 5.32 Å². The Balaban J connectivity index is 1.40. The molecule has 2 aromatic rings. The minimum absolute atomic E-state index is 0.204. The largest absolute Gasteiger partial charge is 0.508 e. The number of carbonyl (C=O) groups excluding carboxylic acids is 2. The Morgan fingerprint density at radius 3 is 2.46 bits per heavy atom. The van der Waals surface area contributed by atoms with E-state index in [4.69, 9.17) is 9.57 Å². The topological polar surface area (TPSA) is 97.2 Å². The van der Waals surface area contributed by atoms with E-state index < -0.39 is 0 Å². The zero-order valence-corrected chi connectivity index (χ0v) is 16.1. The lowest BCUT2D eigenvalue weighted by Gasteiger charge is -2.08. The van der Waals surface area contributed by atoms with E-state index in [1.54, 1.807) is 24.3 Å². The summed E-state index contributed by atoms with van der Waals surface area (Å²) in [6.07, 6.45) is 0.497. The van der Waals surface area contributed by atoms with Gasteiger partial charge >= 0.3 is 0 Å². The molecule has 3 rings (SSSR count). The van der Waals surface area contributed by atoms with Crippen molar-refractivity contribution in [2.45, 2.75) is 18.6 Å². The van der Waals surface area contributed by atoms with Gasteiger partial charge in [-0.05, 0) is 60.9 Å². The number of hydrogen-bond donors (Lipinski definition) is 2. The molecule has 1 heterocycles. The summed E-state index contributed by atoms with van der Waals surface area (Å²) in [6, 6.07) is 14.1. The highest BCUT2D eigenvalue weighted by molar-refractivity contribution is 8.15. The minimum Gasteiger partial charge on any atom is -0.508 e. The summed E-state index contributed by atoms with van der Waals surface area (Å²) in [5, 5.41) is 14.9. The van der Waals surface area contributed by atoms with Gasteiger partial charge in [-0.2, -0.15) is 0 Å². The molecule has 2 N–H and O–H groups in total. The van der Waals surface area contributed by atoms with Crippen molar-refractivity contribution >= 4 is 28.6 Å². The third kappa shape index (κ3) is 5.50. The fraction of sp³-hybridized carbons (Fsp3) is 0.250. The van der Waals surface area contributed by atoms with Crippen LogP contribution in [0.5, 0.6) is 11.5 Å². The number of nitrogens with zero attached hydrogens (tertiary/aromatic N) is 1. The van der Waals surface area contributed by atoms with Gasteiger partial charge < -0.3 is 14.7 Å². The van der Waals surface area contributed by atoms with Gasteiger partial charge in [0.2, 0.25) is 5.91 Å². The highest BCUT2D eigenvalue weighted by Crippen LogP contribution is 2.23. The summed E-state index contributed by atoms with van der Waals surface area (Å²) in [7, 11) is 0. The molecule has 0 radical (unpaired) electrons. The van der Waals surface area contributed by atoms with Crippen molar-refractivity contribution in [1.29, 1.82) is 0 Å². The lowest BCUT2D eigenvalue weighted by molar-refractivity contribution is -0.118. The average Bonchev–Trinajstić information content (AvgIpc) is 3.00. The fourth-order valence-corrected chi connectivity index (χ4v) is 3.42. The molecule has 8 heteroatoms. The summed E-state index contributed by atoms with van der Waals surface area (Å²) < 4.78 is 5.61. The molecule has 146 valence electrons. The number of imide groups is 1. The molecule has 0 aromatic heterocycles. The third-order valence-electron chi connectivity index (χ3n) is 4.04. The van der Waals surface area contributed by atoms with Crippen LogP contribution in [0.25, 0.3) is 0 Å². The molecular weight excluding hydrogens is 380 g/mol. The molecule has 1 unspecified atom stereocenters. The number of hydrogen-bond acceptors (Lipinski definition) is 7. The lowest BCUT2D eigenvalue weighted by Crippen LogP contribution is -2.25. The average molecular weight is 400 g/mol. The lowest BCUT2D eigenvalue weighted by atomic mass is 10.1. The highest BCUT2D eigenvalue weighted by atomic mass is 32.2. The van der Waals surface area contributed by atoms with Crippen LogP contribution in [0.15, 0.2) is 53.7 Å². The first kappa shape index (κ1) is 19.8. The Morgan fingerprint density at radius 2 is 1.82 bits per heavy atom. The van der Waals surface area contributed by atoms with Crippen molar-refractivity contribution in [3.8, 4) is 11.5 Å². The molecule has 1 fully saturated rings. The molecular formula is C20H20N2O5S. The Labute approximate surface area is 166 Å². The molecule has 0 bridgehead atoms. The molecule has 7 nitrogen and oxygen atoms in total. The number of phenols is 1. The molecule has 1 saturated heterocycles. The summed E-state index contributed by atoms with van der Waals surface area (Å²) in [4.78, 5) is 28.1.